The molecule has 1 heterocycles. The van der Waals surface area contributed by atoms with Gasteiger partial charge >= 0.3 is 0 Å². The molecule has 1 aromatic heterocycles. The molecule has 0 amide bonds. The fourth-order valence-electron chi connectivity index (χ4n) is 1.76. The van der Waals surface area contributed by atoms with E-state index in [0.717, 1.165) is 24.4 Å². The van der Waals surface area contributed by atoms with Crippen LogP contribution in [-0.4, -0.2) is 16.5 Å². The summed E-state index contributed by atoms with van der Waals surface area (Å²) < 4.78 is 0. The van der Waals surface area contributed by atoms with E-state index in [1.165, 1.54) is 23.4 Å². The second kappa shape index (κ2) is 7.12. The monoisotopic (exact) mass is 290 g/mol. The fourth-order valence-corrected chi connectivity index (χ4v) is 2.68. The van der Waals surface area contributed by atoms with Crippen molar-refractivity contribution in [3.63, 3.8) is 0 Å². The van der Waals surface area contributed by atoms with Crippen molar-refractivity contribution >= 4 is 17.6 Å². The molecule has 1 aromatic carbocycles. The molecule has 106 valence electrons. The number of aromatic nitrogens is 2. The third kappa shape index (κ3) is 4.11. The normalized spacial score (nSPS) is 10.7. The molecule has 0 bridgehead atoms. The number of nitrogens with one attached hydrogen (secondary N) is 2. The molecule has 0 aliphatic rings. The smallest absolute Gasteiger partial charge is 0.253 e. The molecule has 0 aliphatic carbocycles. The maximum absolute atomic E-state index is 11.4. The van der Waals surface area contributed by atoms with Gasteiger partial charge in [-0.1, -0.05) is 36.9 Å². The Hall–Kier alpha value is -1.79. The number of aromatic amines is 1. The van der Waals surface area contributed by atoms with Crippen molar-refractivity contribution in [2.45, 2.75) is 29.9 Å². The summed E-state index contributed by atoms with van der Waals surface area (Å²) in [5.74, 6) is 0.234. The van der Waals surface area contributed by atoms with Gasteiger partial charge in [0.2, 0.25) is 0 Å². The zero-order valence-electron chi connectivity index (χ0n) is 11.3. The van der Waals surface area contributed by atoms with Crippen LogP contribution in [0, 0.1) is 0 Å². The van der Waals surface area contributed by atoms with Crippen LogP contribution in [0.25, 0.3) is 0 Å². The highest BCUT2D eigenvalue weighted by Gasteiger charge is 2.06. The molecule has 20 heavy (non-hydrogen) atoms. The number of H-pyrrole nitrogens is 1. The van der Waals surface area contributed by atoms with Gasteiger partial charge in [-0.25, -0.2) is 4.98 Å². The van der Waals surface area contributed by atoms with Crippen LogP contribution < -0.4 is 16.6 Å². The molecule has 0 radical (unpaired) electrons. The van der Waals surface area contributed by atoms with E-state index >= 15 is 0 Å². The van der Waals surface area contributed by atoms with Gasteiger partial charge in [0.25, 0.3) is 5.56 Å². The number of hydrogen-bond donors (Lipinski definition) is 3. The molecule has 0 atom stereocenters. The number of hydrogen-bond acceptors (Lipinski definition) is 5. The zero-order chi connectivity index (χ0) is 14.4. The zero-order valence-corrected chi connectivity index (χ0v) is 12.2. The fraction of sp³-hybridized carbons (Fsp3) is 0.286. The molecular formula is C14H18N4OS. The molecule has 0 fully saturated rings. The standard InChI is InChI=1S/C14H18N4OS/c1-2-7-16-9-10-5-3-4-6-11(10)20-14-17-12(15)8-13(19)18-14/h3-6,8,16H,2,7,9H2,1H3,(H3,15,17,18,19). The van der Waals surface area contributed by atoms with E-state index in [-0.39, 0.29) is 11.4 Å². The summed E-state index contributed by atoms with van der Waals surface area (Å²) in [6.07, 6.45) is 1.10. The molecular weight excluding hydrogens is 272 g/mol. The number of rotatable bonds is 6. The van der Waals surface area contributed by atoms with Crippen LogP contribution in [0.5, 0.6) is 0 Å². The quantitative estimate of drug-likeness (QED) is 0.560. The molecule has 5 nitrogen and oxygen atoms in total. The average Bonchev–Trinajstić information content (AvgIpc) is 2.40. The minimum absolute atomic E-state index is 0.234. The van der Waals surface area contributed by atoms with Crippen molar-refractivity contribution in [3.05, 3.63) is 46.2 Å². The highest BCUT2D eigenvalue weighted by atomic mass is 32.2. The molecule has 0 aliphatic heterocycles. The Kier molecular flexibility index (Phi) is 5.20. The van der Waals surface area contributed by atoms with Crippen LogP contribution in [0.2, 0.25) is 0 Å². The molecule has 4 N–H and O–H groups in total. The van der Waals surface area contributed by atoms with Crippen LogP contribution in [0.15, 0.2) is 45.2 Å². The van der Waals surface area contributed by atoms with Gasteiger partial charge in [0.1, 0.15) is 5.82 Å². The third-order valence-corrected chi connectivity index (χ3v) is 3.67. The molecule has 6 heteroatoms. The van der Waals surface area contributed by atoms with Gasteiger partial charge in [-0.3, -0.25) is 4.79 Å². The lowest BCUT2D eigenvalue weighted by atomic mass is 10.2. The van der Waals surface area contributed by atoms with Crippen molar-refractivity contribution in [2.75, 3.05) is 12.3 Å². The molecule has 2 aromatic rings. The Labute approximate surface area is 122 Å². The maximum atomic E-state index is 11.4. The van der Waals surface area contributed by atoms with Crippen molar-refractivity contribution in [1.82, 2.24) is 15.3 Å². The number of nitrogens with zero attached hydrogens (tertiary/aromatic N) is 1. The number of benzene rings is 1. The average molecular weight is 290 g/mol. The highest BCUT2D eigenvalue weighted by molar-refractivity contribution is 7.99. The van der Waals surface area contributed by atoms with Gasteiger partial charge in [0.05, 0.1) is 0 Å². The Morgan fingerprint density at radius 2 is 2.20 bits per heavy atom. The number of nitrogens with two attached hydrogens (primary N) is 1. The van der Waals surface area contributed by atoms with Crippen molar-refractivity contribution < 1.29 is 0 Å². The van der Waals surface area contributed by atoms with Gasteiger partial charge in [0, 0.05) is 17.5 Å². The van der Waals surface area contributed by atoms with Gasteiger partial charge < -0.3 is 16.0 Å². The lowest BCUT2D eigenvalue weighted by Gasteiger charge is -2.09. The van der Waals surface area contributed by atoms with E-state index in [9.17, 15) is 4.79 Å². The Morgan fingerprint density at radius 3 is 2.95 bits per heavy atom. The summed E-state index contributed by atoms with van der Waals surface area (Å²) in [4.78, 5) is 19.3. The van der Waals surface area contributed by atoms with E-state index in [2.05, 4.69) is 28.3 Å². The second-order valence-electron chi connectivity index (χ2n) is 4.36. The van der Waals surface area contributed by atoms with E-state index in [1.54, 1.807) is 0 Å². The van der Waals surface area contributed by atoms with Crippen molar-refractivity contribution in [1.29, 1.82) is 0 Å². The van der Waals surface area contributed by atoms with Gasteiger partial charge in [-0.2, -0.15) is 0 Å². The molecule has 0 saturated heterocycles. The summed E-state index contributed by atoms with van der Waals surface area (Å²) in [5, 5.41) is 3.88. The van der Waals surface area contributed by atoms with Crippen molar-refractivity contribution in [2.24, 2.45) is 0 Å². The number of nitrogen functional groups attached to an aromatic ring is 1. The minimum Gasteiger partial charge on any atom is -0.383 e. The Bertz CT molecular complexity index is 627. The minimum atomic E-state index is -0.235. The summed E-state index contributed by atoms with van der Waals surface area (Å²) >= 11 is 1.41. The lowest BCUT2D eigenvalue weighted by Crippen LogP contribution is -2.14. The molecule has 0 spiro atoms. The molecule has 0 saturated carbocycles. The van der Waals surface area contributed by atoms with E-state index < -0.39 is 0 Å². The van der Waals surface area contributed by atoms with Gasteiger partial charge in [-0.05, 0) is 24.6 Å². The number of anilines is 1. The van der Waals surface area contributed by atoms with E-state index in [4.69, 9.17) is 5.73 Å². The van der Waals surface area contributed by atoms with Crippen LogP contribution in [-0.2, 0) is 6.54 Å². The predicted molar refractivity (Wildman–Crippen MR) is 81.8 cm³/mol. The van der Waals surface area contributed by atoms with Crippen LogP contribution in [0.1, 0.15) is 18.9 Å². The summed E-state index contributed by atoms with van der Waals surface area (Å²) in [7, 11) is 0. The maximum Gasteiger partial charge on any atom is 0.253 e. The van der Waals surface area contributed by atoms with E-state index in [1.807, 2.05) is 18.2 Å². The lowest BCUT2D eigenvalue weighted by molar-refractivity contribution is 0.669. The highest BCUT2D eigenvalue weighted by Crippen LogP contribution is 2.27. The van der Waals surface area contributed by atoms with Crippen LogP contribution >= 0.6 is 11.8 Å². The van der Waals surface area contributed by atoms with Crippen LogP contribution in [0.3, 0.4) is 0 Å². The first-order chi connectivity index (χ1) is 9.69. The van der Waals surface area contributed by atoms with Gasteiger partial charge in [-0.15, -0.1) is 0 Å². The largest absolute Gasteiger partial charge is 0.383 e. The summed E-state index contributed by atoms with van der Waals surface area (Å²) in [5.41, 5.74) is 6.53. The Balaban J connectivity index is 2.17. The first kappa shape index (κ1) is 14.6. The third-order valence-electron chi connectivity index (χ3n) is 2.66. The van der Waals surface area contributed by atoms with Crippen LogP contribution in [0.4, 0.5) is 5.82 Å². The summed E-state index contributed by atoms with van der Waals surface area (Å²) in [6, 6.07) is 9.32. The second-order valence-corrected chi connectivity index (χ2v) is 5.39. The Morgan fingerprint density at radius 1 is 1.40 bits per heavy atom. The SMILES string of the molecule is CCCNCc1ccccc1Sc1nc(N)cc(=O)[nH]1. The van der Waals surface area contributed by atoms with Crippen molar-refractivity contribution in [3.8, 4) is 0 Å². The van der Waals surface area contributed by atoms with E-state index in [0.29, 0.717) is 5.16 Å². The predicted octanol–water partition coefficient (Wildman–Crippen LogP) is 2.00. The topological polar surface area (TPSA) is 83.8 Å². The first-order valence-corrected chi connectivity index (χ1v) is 7.34. The molecule has 0 unspecified atom stereocenters. The first-order valence-electron chi connectivity index (χ1n) is 6.52. The molecule has 2 rings (SSSR count). The summed E-state index contributed by atoms with van der Waals surface area (Å²) in [6.45, 7) is 3.91. The van der Waals surface area contributed by atoms with Gasteiger partial charge in [0.15, 0.2) is 5.16 Å².